The number of piperidine rings is 1. The van der Waals surface area contributed by atoms with E-state index in [2.05, 4.69) is 25.4 Å². The van der Waals surface area contributed by atoms with Crippen molar-refractivity contribution in [1.82, 2.24) is 29.4 Å². The average molecular weight is 516 g/mol. The number of nitrogens with zero attached hydrogens (tertiary/aromatic N) is 7. The lowest BCUT2D eigenvalue weighted by molar-refractivity contribution is 0.122. The molecule has 0 aliphatic carbocycles. The zero-order valence-corrected chi connectivity index (χ0v) is 21.7. The second kappa shape index (κ2) is 11.0. The van der Waals surface area contributed by atoms with Crippen LogP contribution < -0.4 is 9.64 Å². The lowest BCUT2D eigenvalue weighted by Crippen LogP contribution is -2.37. The highest BCUT2D eigenvalue weighted by atomic mass is 16.5. The fourth-order valence-corrected chi connectivity index (χ4v) is 5.34. The van der Waals surface area contributed by atoms with Gasteiger partial charge in [0.05, 0.1) is 33.3 Å². The molecule has 0 amide bonds. The number of morpholine rings is 1. The number of anilines is 1. The summed E-state index contributed by atoms with van der Waals surface area (Å²) in [7, 11) is 1.64. The van der Waals surface area contributed by atoms with Gasteiger partial charge in [-0.3, -0.25) is 4.90 Å². The van der Waals surface area contributed by atoms with Crippen molar-refractivity contribution in [3.05, 3.63) is 60.0 Å². The standard InChI is InChI=1S/C28H33N7O3/c1-37-24-6-5-21(16-29-24)17-33-9-7-23(8-10-33)35-19-30-25-27(34-11-13-38-14-12-34)31-26(32-28(25)35)22-4-2-3-20(15-22)18-36/h2-6,15-16,19,23,36H,7-14,17-18H2,1H3. The number of aliphatic hydroxyl groups excluding tert-OH is 1. The summed E-state index contributed by atoms with van der Waals surface area (Å²) in [5.74, 6) is 2.15. The maximum Gasteiger partial charge on any atom is 0.212 e. The molecule has 0 radical (unpaired) electrons. The molecular weight excluding hydrogens is 482 g/mol. The highest BCUT2D eigenvalue weighted by Crippen LogP contribution is 2.32. The summed E-state index contributed by atoms with van der Waals surface area (Å²) in [5, 5.41) is 9.67. The molecule has 4 aromatic rings. The van der Waals surface area contributed by atoms with Gasteiger partial charge in [0.2, 0.25) is 5.88 Å². The number of fused-ring (bicyclic) bond motifs is 1. The Hall–Kier alpha value is -3.60. The Balaban J connectivity index is 1.28. The third-order valence-corrected chi connectivity index (χ3v) is 7.44. The summed E-state index contributed by atoms with van der Waals surface area (Å²) < 4.78 is 13.0. The number of ether oxygens (including phenoxy) is 2. The van der Waals surface area contributed by atoms with E-state index in [1.54, 1.807) is 7.11 Å². The van der Waals surface area contributed by atoms with Gasteiger partial charge in [0.1, 0.15) is 0 Å². The molecule has 2 aliphatic rings. The first-order valence-electron chi connectivity index (χ1n) is 13.2. The van der Waals surface area contributed by atoms with Gasteiger partial charge >= 0.3 is 0 Å². The molecule has 0 spiro atoms. The highest BCUT2D eigenvalue weighted by molar-refractivity contribution is 5.86. The van der Waals surface area contributed by atoms with E-state index in [0.717, 1.165) is 73.7 Å². The fraction of sp³-hybridized carbons (Fsp3) is 0.429. The molecule has 5 heterocycles. The Kier molecular flexibility index (Phi) is 7.17. The van der Waals surface area contributed by atoms with Crippen LogP contribution in [0.15, 0.2) is 48.9 Å². The second-order valence-corrected chi connectivity index (χ2v) is 9.87. The van der Waals surface area contributed by atoms with Crippen molar-refractivity contribution in [2.45, 2.75) is 32.0 Å². The average Bonchev–Trinajstić information content (AvgIpc) is 3.42. The minimum absolute atomic E-state index is 0.0184. The molecule has 1 N–H and O–H groups in total. The lowest BCUT2D eigenvalue weighted by Gasteiger charge is -2.32. The molecule has 0 atom stereocenters. The van der Waals surface area contributed by atoms with Crippen LogP contribution in [0, 0.1) is 0 Å². The van der Waals surface area contributed by atoms with Crippen LogP contribution in [0.1, 0.15) is 30.0 Å². The Morgan fingerprint density at radius 1 is 1.00 bits per heavy atom. The van der Waals surface area contributed by atoms with Gasteiger partial charge < -0.3 is 24.0 Å². The maximum atomic E-state index is 9.67. The summed E-state index contributed by atoms with van der Waals surface area (Å²) >= 11 is 0. The summed E-state index contributed by atoms with van der Waals surface area (Å²) in [6, 6.07) is 12.1. The zero-order valence-electron chi connectivity index (χ0n) is 21.7. The van der Waals surface area contributed by atoms with Crippen LogP contribution in [0.3, 0.4) is 0 Å². The first kappa shape index (κ1) is 24.7. The molecule has 6 rings (SSSR count). The topological polar surface area (TPSA) is 102 Å². The van der Waals surface area contributed by atoms with E-state index in [1.165, 1.54) is 5.56 Å². The number of rotatable bonds is 7. The largest absolute Gasteiger partial charge is 0.481 e. The van der Waals surface area contributed by atoms with Crippen LogP contribution in [0.25, 0.3) is 22.6 Å². The van der Waals surface area contributed by atoms with Gasteiger partial charge in [0.15, 0.2) is 22.8 Å². The Morgan fingerprint density at radius 2 is 1.84 bits per heavy atom. The molecular formula is C28H33N7O3. The molecule has 2 fully saturated rings. The third-order valence-electron chi connectivity index (χ3n) is 7.44. The molecule has 3 aromatic heterocycles. The van der Waals surface area contributed by atoms with Crippen molar-refractivity contribution < 1.29 is 14.6 Å². The predicted molar refractivity (Wildman–Crippen MR) is 144 cm³/mol. The summed E-state index contributed by atoms with van der Waals surface area (Å²) in [6.07, 6.45) is 5.86. The van der Waals surface area contributed by atoms with Crippen molar-refractivity contribution in [3.8, 4) is 17.3 Å². The van der Waals surface area contributed by atoms with Crippen LogP contribution in [0.5, 0.6) is 5.88 Å². The van der Waals surface area contributed by atoms with Gasteiger partial charge in [0, 0.05) is 56.6 Å². The smallest absolute Gasteiger partial charge is 0.212 e. The molecule has 38 heavy (non-hydrogen) atoms. The SMILES string of the molecule is COc1ccc(CN2CCC(n3cnc4c(N5CCOCC5)nc(-c5cccc(CO)c5)nc43)CC2)cn1. The lowest BCUT2D eigenvalue weighted by atomic mass is 10.0. The van der Waals surface area contributed by atoms with Gasteiger partial charge in [-0.05, 0) is 30.0 Å². The van der Waals surface area contributed by atoms with E-state index >= 15 is 0 Å². The summed E-state index contributed by atoms with van der Waals surface area (Å²) in [4.78, 5) is 23.9. The molecule has 0 bridgehead atoms. The summed E-state index contributed by atoms with van der Waals surface area (Å²) in [5.41, 5.74) is 4.62. The second-order valence-electron chi connectivity index (χ2n) is 9.87. The monoisotopic (exact) mass is 515 g/mol. The molecule has 2 saturated heterocycles. The molecule has 198 valence electrons. The van der Waals surface area contributed by atoms with E-state index in [1.807, 2.05) is 42.9 Å². The van der Waals surface area contributed by atoms with Crippen LogP contribution >= 0.6 is 0 Å². The van der Waals surface area contributed by atoms with E-state index in [9.17, 15) is 5.11 Å². The summed E-state index contributed by atoms with van der Waals surface area (Å²) in [6.45, 7) is 5.72. The Morgan fingerprint density at radius 3 is 2.58 bits per heavy atom. The minimum atomic E-state index is -0.0184. The van der Waals surface area contributed by atoms with E-state index in [-0.39, 0.29) is 6.61 Å². The Labute approximate surface area is 221 Å². The number of likely N-dealkylation sites (tertiary alicyclic amines) is 1. The van der Waals surface area contributed by atoms with Crippen molar-refractivity contribution in [3.63, 3.8) is 0 Å². The number of methoxy groups -OCH3 is 1. The van der Waals surface area contributed by atoms with Crippen molar-refractivity contribution in [2.24, 2.45) is 0 Å². The Bertz CT molecular complexity index is 1380. The third kappa shape index (κ3) is 5.07. The zero-order chi connectivity index (χ0) is 25.9. The number of benzene rings is 1. The maximum absolute atomic E-state index is 9.67. The number of imidazole rings is 1. The van der Waals surface area contributed by atoms with E-state index in [0.29, 0.717) is 31.0 Å². The normalized spacial score (nSPS) is 17.3. The molecule has 0 unspecified atom stereocenters. The predicted octanol–water partition coefficient (Wildman–Crippen LogP) is 3.06. The molecule has 2 aliphatic heterocycles. The van der Waals surface area contributed by atoms with E-state index < -0.39 is 0 Å². The molecule has 0 saturated carbocycles. The van der Waals surface area contributed by atoms with Crippen molar-refractivity contribution >= 4 is 17.0 Å². The van der Waals surface area contributed by atoms with Crippen LogP contribution in [-0.4, -0.2) is 81.0 Å². The van der Waals surface area contributed by atoms with Gasteiger partial charge in [0.25, 0.3) is 0 Å². The van der Waals surface area contributed by atoms with Crippen molar-refractivity contribution in [2.75, 3.05) is 51.4 Å². The number of hydrogen-bond acceptors (Lipinski definition) is 9. The molecule has 1 aromatic carbocycles. The van der Waals surface area contributed by atoms with Crippen LogP contribution in [-0.2, 0) is 17.9 Å². The molecule has 10 nitrogen and oxygen atoms in total. The molecule has 10 heteroatoms. The quantitative estimate of drug-likeness (QED) is 0.398. The highest BCUT2D eigenvalue weighted by Gasteiger charge is 2.26. The van der Waals surface area contributed by atoms with Crippen LogP contribution in [0.4, 0.5) is 5.82 Å². The fourth-order valence-electron chi connectivity index (χ4n) is 5.34. The first-order valence-corrected chi connectivity index (χ1v) is 13.2. The number of pyridine rings is 1. The van der Waals surface area contributed by atoms with Gasteiger partial charge in [-0.15, -0.1) is 0 Å². The van der Waals surface area contributed by atoms with Gasteiger partial charge in [-0.2, -0.15) is 0 Å². The van der Waals surface area contributed by atoms with Crippen molar-refractivity contribution in [1.29, 1.82) is 0 Å². The first-order chi connectivity index (χ1) is 18.7. The van der Waals surface area contributed by atoms with Gasteiger partial charge in [-0.1, -0.05) is 24.3 Å². The van der Waals surface area contributed by atoms with Gasteiger partial charge in [-0.25, -0.2) is 19.9 Å². The van der Waals surface area contributed by atoms with Crippen LogP contribution in [0.2, 0.25) is 0 Å². The number of aromatic nitrogens is 5. The minimum Gasteiger partial charge on any atom is -0.481 e. The van der Waals surface area contributed by atoms with E-state index in [4.69, 9.17) is 24.4 Å². The number of hydrogen-bond donors (Lipinski definition) is 1. The number of aliphatic hydroxyl groups is 1.